The van der Waals surface area contributed by atoms with Gasteiger partial charge in [-0.05, 0) is 151 Å². The number of para-hydroxylation sites is 1. The fourth-order valence-electron chi connectivity index (χ4n) is 13.1. The van der Waals surface area contributed by atoms with Gasteiger partial charge in [-0.15, -0.1) is 0 Å². The summed E-state index contributed by atoms with van der Waals surface area (Å²) < 4.78 is 9.93. The molecule has 75 heavy (non-hydrogen) atoms. The Balaban J connectivity index is 1.14. The molecule has 3 aliphatic rings. The topological polar surface area (TPSA) is 24.6 Å². The molecule has 1 aliphatic carbocycles. The van der Waals surface area contributed by atoms with Gasteiger partial charge >= 0.3 is 0 Å². The van der Waals surface area contributed by atoms with E-state index in [0.29, 0.717) is 0 Å². The maximum atomic E-state index is 7.23. The minimum absolute atomic E-state index is 0.0231. The van der Waals surface area contributed by atoms with E-state index in [1.54, 1.807) is 0 Å². The molecule has 0 radical (unpaired) electrons. The molecule has 8 aromatic carbocycles. The summed E-state index contributed by atoms with van der Waals surface area (Å²) in [4.78, 5) is 5.03. The lowest BCUT2D eigenvalue weighted by molar-refractivity contribution is 0.587. The normalized spacial score (nSPS) is 14.7. The minimum Gasteiger partial charge on any atom is -0.454 e. The van der Waals surface area contributed by atoms with Gasteiger partial charge in [-0.2, -0.15) is 0 Å². The van der Waals surface area contributed by atoms with Crippen LogP contribution < -0.4 is 26.2 Å². The predicted molar refractivity (Wildman–Crippen MR) is 322 cm³/mol. The van der Waals surface area contributed by atoms with Gasteiger partial charge < -0.3 is 18.8 Å². The third-order valence-corrected chi connectivity index (χ3v) is 17.2. The summed E-state index contributed by atoms with van der Waals surface area (Å²) in [5, 5.41) is 3.60. The maximum Gasteiger partial charge on any atom is 0.252 e. The average Bonchev–Trinajstić information content (AvgIpc) is 4.06. The second-order valence-corrected chi connectivity index (χ2v) is 26.8. The molecule has 13 rings (SSSR count). The van der Waals surface area contributed by atoms with Gasteiger partial charge in [0.15, 0.2) is 5.58 Å². The highest BCUT2D eigenvalue weighted by atomic mass is 16.3. The number of furan rings is 1. The van der Waals surface area contributed by atoms with Gasteiger partial charge in [-0.25, -0.2) is 0 Å². The molecule has 0 saturated carbocycles. The molecule has 10 aromatic rings. The van der Waals surface area contributed by atoms with Crippen LogP contribution >= 0.6 is 0 Å². The number of anilines is 6. The fourth-order valence-corrected chi connectivity index (χ4v) is 13.1. The van der Waals surface area contributed by atoms with Crippen molar-refractivity contribution in [2.45, 2.75) is 131 Å². The lowest BCUT2D eigenvalue weighted by atomic mass is 9.33. The van der Waals surface area contributed by atoms with E-state index in [2.05, 4.69) is 270 Å². The van der Waals surface area contributed by atoms with Crippen molar-refractivity contribution in [1.29, 1.82) is 0 Å². The summed E-state index contributed by atoms with van der Waals surface area (Å²) in [5.41, 5.74) is 26.8. The standard InChI is InChI=1S/C70H70BN3O/c1-41-35-58-62-59(36-41)74-63-52(61-51-19-16-17-21-53(51)70(14,15)65(61)74)37-45(69(11,12)13)38-55(63)71(62)54-34-32-48(72(46-28-23-42(24-29-46)66(2,3)4)47-30-25-43(26-31-47)67(5,6)7)40-57(54)73(58)56-22-18-20-50-49-33-27-44(68(8,9)10)39-60(49)75-64(50)56/h16-40H,1-15H3. The summed E-state index contributed by atoms with van der Waals surface area (Å²) >= 11 is 0. The largest absolute Gasteiger partial charge is 0.454 e. The van der Waals surface area contributed by atoms with Gasteiger partial charge in [-0.1, -0.05) is 182 Å². The van der Waals surface area contributed by atoms with Gasteiger partial charge in [0.2, 0.25) is 0 Å². The number of benzene rings is 8. The Morgan fingerprint density at radius 3 is 1.72 bits per heavy atom. The smallest absolute Gasteiger partial charge is 0.252 e. The van der Waals surface area contributed by atoms with Crippen molar-refractivity contribution < 1.29 is 4.42 Å². The van der Waals surface area contributed by atoms with Crippen molar-refractivity contribution >= 4 is 90.1 Å². The third-order valence-electron chi connectivity index (χ3n) is 17.2. The van der Waals surface area contributed by atoms with E-state index in [-0.39, 0.29) is 33.8 Å². The second kappa shape index (κ2) is 15.7. The number of nitrogens with zero attached hydrogens (tertiary/aromatic N) is 3. The Morgan fingerprint density at radius 2 is 1.08 bits per heavy atom. The van der Waals surface area contributed by atoms with Crippen LogP contribution in [0.25, 0.3) is 49.7 Å². The van der Waals surface area contributed by atoms with Gasteiger partial charge in [0.25, 0.3) is 6.71 Å². The van der Waals surface area contributed by atoms with Gasteiger partial charge in [0, 0.05) is 72.5 Å². The van der Waals surface area contributed by atoms with Gasteiger partial charge in [-0.3, -0.25) is 0 Å². The highest BCUT2D eigenvalue weighted by molar-refractivity contribution is 7.00. The van der Waals surface area contributed by atoms with Crippen LogP contribution in [0, 0.1) is 6.92 Å². The van der Waals surface area contributed by atoms with Crippen LogP contribution in [0.15, 0.2) is 156 Å². The van der Waals surface area contributed by atoms with Crippen molar-refractivity contribution in [3.63, 3.8) is 0 Å². The van der Waals surface area contributed by atoms with Crippen LogP contribution in [0.5, 0.6) is 0 Å². The fraction of sp³-hybridized carbons (Fsp3) is 0.286. The van der Waals surface area contributed by atoms with Crippen LogP contribution in [0.4, 0.5) is 34.1 Å². The lowest BCUT2D eigenvalue weighted by Crippen LogP contribution is -2.61. The molecule has 0 bridgehead atoms. The first-order valence-electron chi connectivity index (χ1n) is 27.3. The first-order valence-corrected chi connectivity index (χ1v) is 27.3. The Labute approximate surface area is 445 Å². The number of hydrogen-bond acceptors (Lipinski definition) is 3. The maximum absolute atomic E-state index is 7.23. The van der Waals surface area contributed by atoms with Crippen LogP contribution in [-0.4, -0.2) is 11.3 Å². The Kier molecular flexibility index (Phi) is 9.92. The zero-order valence-electron chi connectivity index (χ0n) is 46.8. The summed E-state index contributed by atoms with van der Waals surface area (Å²) in [7, 11) is 0. The molecule has 4 heterocycles. The van der Waals surface area contributed by atoms with E-state index < -0.39 is 0 Å². The number of hydrogen-bond donors (Lipinski definition) is 0. The molecule has 0 N–H and O–H groups in total. The van der Waals surface area contributed by atoms with Gasteiger partial charge in [0.1, 0.15) is 5.58 Å². The highest BCUT2D eigenvalue weighted by Crippen LogP contribution is 2.56. The second-order valence-electron chi connectivity index (χ2n) is 26.8. The predicted octanol–water partition coefficient (Wildman–Crippen LogP) is 17.4. The summed E-state index contributed by atoms with van der Waals surface area (Å²) in [6, 6.07) is 58.6. The van der Waals surface area contributed by atoms with Crippen LogP contribution in [0.3, 0.4) is 0 Å². The molecule has 0 saturated heterocycles. The molecule has 2 aliphatic heterocycles. The summed E-state index contributed by atoms with van der Waals surface area (Å²) in [6.07, 6.45) is 0. The Hall–Kier alpha value is -7.24. The van der Waals surface area contributed by atoms with E-state index in [1.807, 2.05) is 0 Å². The zero-order chi connectivity index (χ0) is 52.6. The molecule has 0 fully saturated rings. The monoisotopic (exact) mass is 980 g/mol. The molecular weight excluding hydrogens is 910 g/mol. The Morgan fingerprint density at radius 1 is 0.480 bits per heavy atom. The first kappa shape index (κ1) is 47.5. The van der Waals surface area contributed by atoms with E-state index in [9.17, 15) is 0 Å². The Bertz CT molecular complexity index is 3970. The third kappa shape index (κ3) is 7.02. The van der Waals surface area contributed by atoms with E-state index in [4.69, 9.17) is 4.42 Å². The minimum atomic E-state index is -0.236. The van der Waals surface area contributed by atoms with Gasteiger partial charge in [0.05, 0.1) is 5.69 Å². The summed E-state index contributed by atoms with van der Waals surface area (Å²) in [6.45, 7) is 34.8. The number of fused-ring (bicyclic) bond motifs is 12. The number of aryl methyl sites for hydroxylation is 1. The first-order chi connectivity index (χ1) is 35.4. The van der Waals surface area contributed by atoms with Crippen molar-refractivity contribution in [2.24, 2.45) is 0 Å². The molecule has 5 heteroatoms. The zero-order valence-corrected chi connectivity index (χ0v) is 46.8. The van der Waals surface area contributed by atoms with Crippen molar-refractivity contribution in [2.75, 3.05) is 9.80 Å². The SMILES string of the molecule is Cc1cc2c3c(c1)-n1c4c(c5cc(C(C)(C)C)cc(c51)B3c1ccc(N(c3ccc(C(C)(C)C)cc3)c3ccc(C(C)(C)C)cc3)cc1N2c1cccc2c1oc1cc(C(C)(C)C)ccc12)-c1ccccc1C4(C)C. The van der Waals surface area contributed by atoms with Crippen molar-refractivity contribution in [1.82, 2.24) is 4.57 Å². The van der Waals surface area contributed by atoms with Crippen molar-refractivity contribution in [3.05, 3.63) is 191 Å². The van der Waals surface area contributed by atoms with Crippen LogP contribution in [0.2, 0.25) is 0 Å². The quantitative estimate of drug-likeness (QED) is 0.164. The summed E-state index contributed by atoms with van der Waals surface area (Å²) in [5.74, 6) is 0. The van der Waals surface area contributed by atoms with Crippen LogP contribution in [-0.2, 0) is 27.1 Å². The van der Waals surface area contributed by atoms with E-state index in [0.717, 1.165) is 50.4 Å². The number of rotatable bonds is 4. The molecule has 2 aromatic heterocycles. The molecular formula is C70H70BN3O. The molecule has 0 spiro atoms. The van der Waals surface area contributed by atoms with Crippen molar-refractivity contribution in [3.8, 4) is 16.8 Å². The van der Waals surface area contributed by atoms with Crippen LogP contribution in [0.1, 0.15) is 136 Å². The molecule has 4 nitrogen and oxygen atoms in total. The number of aromatic nitrogens is 1. The highest BCUT2D eigenvalue weighted by Gasteiger charge is 2.48. The average molecular weight is 980 g/mol. The molecule has 0 atom stereocenters. The molecule has 374 valence electrons. The lowest BCUT2D eigenvalue weighted by Gasteiger charge is -2.42. The molecule has 0 amide bonds. The molecule has 0 unspecified atom stereocenters. The van der Waals surface area contributed by atoms with E-state index >= 15 is 0 Å². The van der Waals surface area contributed by atoms with E-state index in [1.165, 1.54) is 88.9 Å².